The van der Waals surface area contributed by atoms with Crippen molar-refractivity contribution in [3.05, 3.63) is 53.8 Å². The van der Waals surface area contributed by atoms with Crippen molar-refractivity contribution in [1.82, 2.24) is 5.32 Å². The number of hydrogen-bond donors (Lipinski definition) is 1. The average molecular weight is 393 g/mol. The van der Waals surface area contributed by atoms with E-state index in [2.05, 4.69) is 5.32 Å². The number of carbonyl (C=O) groups excluding carboxylic acids is 1. The van der Waals surface area contributed by atoms with Gasteiger partial charge in [-0.2, -0.15) is 0 Å². The second kappa shape index (κ2) is 7.56. The predicted octanol–water partition coefficient (Wildman–Crippen LogP) is 2.64. The Morgan fingerprint density at radius 3 is 2.33 bits per heavy atom. The van der Waals surface area contributed by atoms with Gasteiger partial charge in [0, 0.05) is 0 Å². The molecule has 3 rings (SSSR count). The van der Waals surface area contributed by atoms with E-state index in [0.717, 1.165) is 29.8 Å². The molecular weight excluding hydrogens is 373 g/mol. The van der Waals surface area contributed by atoms with Gasteiger partial charge in [-0.05, 0) is 55.8 Å². The first-order valence-corrected chi connectivity index (χ1v) is 10.0. The monoisotopic (exact) mass is 393 g/mol. The molecule has 2 unspecified atom stereocenters. The fraction of sp³-hybridized carbons (Fsp3) is 0.316. The van der Waals surface area contributed by atoms with E-state index in [4.69, 9.17) is 9.47 Å². The Morgan fingerprint density at radius 1 is 1.04 bits per heavy atom. The number of benzene rings is 2. The molecule has 2 atom stereocenters. The minimum Gasteiger partial charge on any atom is -0.486 e. The molecule has 1 N–H and O–H groups in total. The van der Waals surface area contributed by atoms with Crippen LogP contribution in [0.3, 0.4) is 0 Å². The Labute approximate surface area is 157 Å². The summed E-state index contributed by atoms with van der Waals surface area (Å²) in [5.74, 6) is 0.0441. The lowest BCUT2D eigenvalue weighted by Crippen LogP contribution is -2.39. The molecule has 0 saturated carbocycles. The van der Waals surface area contributed by atoms with E-state index in [-0.39, 0.29) is 4.90 Å². The molecule has 0 bridgehead atoms. The normalized spacial score (nSPS) is 15.7. The van der Waals surface area contributed by atoms with E-state index in [1.165, 1.54) is 6.92 Å². The summed E-state index contributed by atoms with van der Waals surface area (Å²) >= 11 is 0. The minimum absolute atomic E-state index is 0.0986. The van der Waals surface area contributed by atoms with Gasteiger partial charge in [-0.25, -0.2) is 12.8 Å². The van der Waals surface area contributed by atoms with Gasteiger partial charge in [0.2, 0.25) is 5.91 Å². The molecule has 0 fully saturated rings. The Morgan fingerprint density at radius 2 is 1.67 bits per heavy atom. The molecule has 144 valence electrons. The molecule has 0 aliphatic carbocycles. The predicted molar refractivity (Wildman–Crippen MR) is 97.0 cm³/mol. The van der Waals surface area contributed by atoms with Gasteiger partial charge in [-0.15, -0.1) is 0 Å². The molecule has 27 heavy (non-hydrogen) atoms. The molecule has 0 saturated heterocycles. The zero-order valence-corrected chi connectivity index (χ0v) is 15.8. The number of halogens is 1. The van der Waals surface area contributed by atoms with Crippen LogP contribution < -0.4 is 14.8 Å². The summed E-state index contributed by atoms with van der Waals surface area (Å²) in [6.07, 6.45) is 0. The summed E-state index contributed by atoms with van der Waals surface area (Å²) in [5, 5.41) is 1.38. The summed E-state index contributed by atoms with van der Waals surface area (Å²) in [6, 6.07) is 9.28. The molecule has 1 aliphatic rings. The van der Waals surface area contributed by atoms with Crippen LogP contribution in [0.15, 0.2) is 47.4 Å². The maximum Gasteiger partial charge on any atom is 0.238 e. The maximum atomic E-state index is 13.0. The Kier molecular flexibility index (Phi) is 5.36. The summed E-state index contributed by atoms with van der Waals surface area (Å²) in [7, 11) is -3.92. The smallest absolute Gasteiger partial charge is 0.238 e. The van der Waals surface area contributed by atoms with E-state index in [1.54, 1.807) is 25.1 Å². The van der Waals surface area contributed by atoms with Crippen molar-refractivity contribution in [2.24, 2.45) is 0 Å². The lowest BCUT2D eigenvalue weighted by Gasteiger charge is -2.22. The molecule has 2 aromatic rings. The summed E-state index contributed by atoms with van der Waals surface area (Å²) in [5.41, 5.74) is 0.763. The van der Waals surface area contributed by atoms with Crippen molar-refractivity contribution in [3.8, 4) is 11.5 Å². The van der Waals surface area contributed by atoms with E-state index in [1.807, 2.05) is 0 Å². The Hall–Kier alpha value is -2.61. The highest BCUT2D eigenvalue weighted by Crippen LogP contribution is 2.32. The van der Waals surface area contributed by atoms with E-state index in [9.17, 15) is 17.6 Å². The van der Waals surface area contributed by atoms with Gasteiger partial charge in [-0.1, -0.05) is 6.07 Å². The molecule has 0 aromatic heterocycles. The molecule has 2 aromatic carbocycles. The average Bonchev–Trinajstić information content (AvgIpc) is 2.67. The SMILES string of the molecule is CC(NC(=O)C(C)S(=O)(=O)c1ccc(F)cc1)c1ccc2c(c1)OCCO2. The molecule has 0 spiro atoms. The lowest BCUT2D eigenvalue weighted by molar-refractivity contribution is -0.121. The van der Waals surface area contributed by atoms with Crippen LogP contribution in [0.2, 0.25) is 0 Å². The lowest BCUT2D eigenvalue weighted by atomic mass is 10.1. The van der Waals surface area contributed by atoms with Gasteiger partial charge >= 0.3 is 0 Å². The van der Waals surface area contributed by atoms with Gasteiger partial charge in [0.25, 0.3) is 0 Å². The third kappa shape index (κ3) is 4.05. The number of hydrogen-bond acceptors (Lipinski definition) is 5. The van der Waals surface area contributed by atoms with Crippen LogP contribution in [0.4, 0.5) is 4.39 Å². The Balaban J connectivity index is 1.73. The van der Waals surface area contributed by atoms with Gasteiger partial charge in [0.1, 0.15) is 24.3 Å². The summed E-state index contributed by atoms with van der Waals surface area (Å²) in [6.45, 7) is 3.99. The third-order valence-corrected chi connectivity index (χ3v) is 6.48. The first-order chi connectivity index (χ1) is 12.8. The second-order valence-corrected chi connectivity index (χ2v) is 8.54. The van der Waals surface area contributed by atoms with Gasteiger partial charge in [0.05, 0.1) is 10.9 Å². The van der Waals surface area contributed by atoms with Crippen LogP contribution in [0.5, 0.6) is 11.5 Å². The van der Waals surface area contributed by atoms with Crippen LogP contribution in [0.1, 0.15) is 25.5 Å². The highest BCUT2D eigenvalue weighted by Gasteiger charge is 2.30. The van der Waals surface area contributed by atoms with Crippen LogP contribution in [-0.4, -0.2) is 32.8 Å². The topological polar surface area (TPSA) is 81.7 Å². The quantitative estimate of drug-likeness (QED) is 0.790. The molecule has 0 radical (unpaired) electrons. The maximum absolute atomic E-state index is 13.0. The van der Waals surface area contributed by atoms with Crippen LogP contribution >= 0.6 is 0 Å². The van der Waals surface area contributed by atoms with E-state index >= 15 is 0 Å². The fourth-order valence-electron chi connectivity index (χ4n) is 2.71. The molecule has 1 aliphatic heterocycles. The standard InChI is InChI=1S/C19H20FNO5S/c1-12(14-3-8-17-18(11-14)26-10-9-25-17)21-19(22)13(2)27(23,24)16-6-4-15(20)5-7-16/h3-8,11-13H,9-10H2,1-2H3,(H,21,22). The van der Waals surface area contributed by atoms with Gasteiger partial charge in [0.15, 0.2) is 21.3 Å². The van der Waals surface area contributed by atoms with Crippen molar-refractivity contribution >= 4 is 15.7 Å². The zero-order valence-electron chi connectivity index (χ0n) is 14.9. The highest BCUT2D eigenvalue weighted by molar-refractivity contribution is 7.92. The zero-order chi connectivity index (χ0) is 19.6. The molecule has 6 nitrogen and oxygen atoms in total. The number of amides is 1. The first kappa shape index (κ1) is 19.2. The number of rotatable bonds is 5. The van der Waals surface area contributed by atoms with Crippen LogP contribution in [0.25, 0.3) is 0 Å². The van der Waals surface area contributed by atoms with Crippen LogP contribution in [0, 0.1) is 5.82 Å². The Bertz CT molecular complexity index is 943. The van der Waals surface area contributed by atoms with Crippen molar-refractivity contribution in [2.45, 2.75) is 30.0 Å². The summed E-state index contributed by atoms with van der Waals surface area (Å²) in [4.78, 5) is 12.4. The van der Waals surface area contributed by atoms with E-state index in [0.29, 0.717) is 24.7 Å². The first-order valence-electron chi connectivity index (χ1n) is 8.48. The van der Waals surface area contributed by atoms with Gasteiger partial charge < -0.3 is 14.8 Å². The second-order valence-electron chi connectivity index (χ2n) is 6.27. The third-order valence-electron chi connectivity index (χ3n) is 4.40. The minimum atomic E-state index is -3.92. The van der Waals surface area contributed by atoms with E-state index < -0.39 is 32.9 Å². The highest BCUT2D eigenvalue weighted by atomic mass is 32.2. The van der Waals surface area contributed by atoms with Crippen molar-refractivity contribution in [2.75, 3.05) is 13.2 Å². The van der Waals surface area contributed by atoms with Crippen molar-refractivity contribution in [3.63, 3.8) is 0 Å². The molecule has 8 heteroatoms. The number of ether oxygens (including phenoxy) is 2. The fourth-order valence-corrected chi connectivity index (χ4v) is 3.99. The molecule has 1 amide bonds. The molecule has 1 heterocycles. The van der Waals surface area contributed by atoms with Crippen molar-refractivity contribution < 1.29 is 27.1 Å². The van der Waals surface area contributed by atoms with Gasteiger partial charge in [-0.3, -0.25) is 4.79 Å². The van der Waals surface area contributed by atoms with Crippen molar-refractivity contribution in [1.29, 1.82) is 0 Å². The number of nitrogens with one attached hydrogen (secondary N) is 1. The number of sulfone groups is 1. The number of fused-ring (bicyclic) bond motifs is 1. The molecular formula is C19H20FNO5S. The van der Waals surface area contributed by atoms with Crippen LogP contribution in [-0.2, 0) is 14.6 Å². The number of carbonyl (C=O) groups is 1. The summed E-state index contributed by atoms with van der Waals surface area (Å²) < 4.78 is 49.2. The largest absolute Gasteiger partial charge is 0.486 e.